The molecule has 3 aromatic rings. The number of aliphatic hydroxyl groups excluding tert-OH is 1. The van der Waals surface area contributed by atoms with Crippen molar-refractivity contribution in [2.45, 2.75) is 19.4 Å². The van der Waals surface area contributed by atoms with E-state index in [4.69, 9.17) is 4.74 Å². The Morgan fingerprint density at radius 2 is 1.79 bits per heavy atom. The van der Waals surface area contributed by atoms with E-state index in [2.05, 4.69) is 0 Å². The highest BCUT2D eigenvalue weighted by molar-refractivity contribution is 6.51. The van der Waals surface area contributed by atoms with Crippen molar-refractivity contribution in [1.82, 2.24) is 0 Å². The first kappa shape index (κ1) is 21.8. The molecule has 6 nitrogen and oxygen atoms in total. The van der Waals surface area contributed by atoms with Crippen LogP contribution in [0.3, 0.4) is 0 Å². The van der Waals surface area contributed by atoms with Crippen molar-refractivity contribution in [3.05, 3.63) is 94.6 Å². The second-order valence-corrected chi connectivity index (χ2v) is 8.92. The van der Waals surface area contributed by atoms with Crippen LogP contribution in [0.5, 0.6) is 5.75 Å². The summed E-state index contributed by atoms with van der Waals surface area (Å²) in [5, 5.41) is 11.4. The van der Waals surface area contributed by atoms with Crippen LogP contribution >= 0.6 is 0 Å². The lowest BCUT2D eigenvalue weighted by Gasteiger charge is -2.26. The fourth-order valence-corrected chi connectivity index (χ4v) is 4.64. The number of ketones is 1. The SMILES string of the molecule is Cc1cccc(N2C(=O)C(=O)/C(=C(\O)c3ccc4c(c3)CCO4)C2c2ccc(N(C)C)cc2)c1. The van der Waals surface area contributed by atoms with E-state index in [1.807, 2.05) is 80.5 Å². The molecular formula is C28H26N2O4. The highest BCUT2D eigenvalue weighted by Gasteiger charge is 2.47. The predicted molar refractivity (Wildman–Crippen MR) is 132 cm³/mol. The normalized spacial score (nSPS) is 18.7. The van der Waals surface area contributed by atoms with Gasteiger partial charge in [0.05, 0.1) is 18.2 Å². The van der Waals surface area contributed by atoms with E-state index in [1.165, 1.54) is 4.90 Å². The lowest BCUT2D eigenvalue weighted by atomic mass is 9.94. The van der Waals surface area contributed by atoms with Gasteiger partial charge in [0.2, 0.25) is 0 Å². The zero-order chi connectivity index (χ0) is 24.0. The molecule has 0 saturated carbocycles. The molecule has 1 amide bonds. The van der Waals surface area contributed by atoms with Gasteiger partial charge in [-0.15, -0.1) is 0 Å². The van der Waals surface area contributed by atoms with Gasteiger partial charge >= 0.3 is 0 Å². The van der Waals surface area contributed by atoms with Gasteiger partial charge in [0.15, 0.2) is 0 Å². The number of aliphatic hydroxyl groups is 1. The van der Waals surface area contributed by atoms with Crippen LogP contribution < -0.4 is 14.5 Å². The van der Waals surface area contributed by atoms with Crippen molar-refractivity contribution in [2.24, 2.45) is 0 Å². The van der Waals surface area contributed by atoms with Crippen molar-refractivity contribution >= 4 is 28.8 Å². The Labute approximate surface area is 198 Å². The third-order valence-corrected chi connectivity index (χ3v) is 6.41. The molecule has 34 heavy (non-hydrogen) atoms. The summed E-state index contributed by atoms with van der Waals surface area (Å²) >= 11 is 0. The molecule has 0 aromatic heterocycles. The molecule has 1 unspecified atom stereocenters. The van der Waals surface area contributed by atoms with Gasteiger partial charge in [-0.1, -0.05) is 24.3 Å². The zero-order valence-corrected chi connectivity index (χ0v) is 19.4. The van der Waals surface area contributed by atoms with Crippen molar-refractivity contribution in [3.63, 3.8) is 0 Å². The Balaban J connectivity index is 1.69. The van der Waals surface area contributed by atoms with E-state index in [0.29, 0.717) is 17.9 Å². The Hall–Kier alpha value is -4.06. The summed E-state index contributed by atoms with van der Waals surface area (Å²) in [6, 6.07) is 19.8. The summed E-state index contributed by atoms with van der Waals surface area (Å²) in [6.45, 7) is 2.53. The summed E-state index contributed by atoms with van der Waals surface area (Å²) in [5.41, 5.74) is 4.89. The maximum atomic E-state index is 13.3. The highest BCUT2D eigenvalue weighted by Crippen LogP contribution is 2.43. The van der Waals surface area contributed by atoms with Gasteiger partial charge < -0.3 is 14.7 Å². The van der Waals surface area contributed by atoms with Crippen LogP contribution in [-0.2, 0) is 16.0 Å². The van der Waals surface area contributed by atoms with E-state index in [9.17, 15) is 14.7 Å². The van der Waals surface area contributed by atoms with Gasteiger partial charge in [-0.2, -0.15) is 0 Å². The van der Waals surface area contributed by atoms with Gasteiger partial charge in [0.1, 0.15) is 11.5 Å². The van der Waals surface area contributed by atoms with E-state index in [-0.39, 0.29) is 11.3 Å². The monoisotopic (exact) mass is 454 g/mol. The van der Waals surface area contributed by atoms with Gasteiger partial charge in [-0.05, 0) is 66.1 Å². The number of fused-ring (bicyclic) bond motifs is 1. The molecule has 0 spiro atoms. The third-order valence-electron chi connectivity index (χ3n) is 6.41. The number of anilines is 2. The first-order chi connectivity index (χ1) is 16.3. The van der Waals surface area contributed by atoms with E-state index < -0.39 is 17.7 Å². The van der Waals surface area contributed by atoms with Crippen LogP contribution in [0.2, 0.25) is 0 Å². The number of hydrogen-bond acceptors (Lipinski definition) is 5. The zero-order valence-electron chi connectivity index (χ0n) is 19.4. The van der Waals surface area contributed by atoms with Crippen LogP contribution in [0.25, 0.3) is 5.76 Å². The maximum absolute atomic E-state index is 13.3. The molecule has 1 fully saturated rings. The smallest absolute Gasteiger partial charge is 0.300 e. The van der Waals surface area contributed by atoms with Gasteiger partial charge in [0, 0.05) is 37.5 Å². The fourth-order valence-electron chi connectivity index (χ4n) is 4.64. The molecule has 2 aliphatic heterocycles. The standard InChI is InChI=1S/C28H26N2O4/c1-17-5-4-6-22(15-17)30-25(18-7-10-21(11-8-18)29(2)3)24(27(32)28(30)33)26(31)20-9-12-23-19(16-20)13-14-34-23/h4-12,15-16,25,31H,13-14H2,1-3H3/b26-24-. The van der Waals surface area contributed by atoms with Gasteiger partial charge in [-0.3, -0.25) is 14.5 Å². The quantitative estimate of drug-likeness (QED) is 0.354. The lowest BCUT2D eigenvalue weighted by molar-refractivity contribution is -0.132. The summed E-state index contributed by atoms with van der Waals surface area (Å²) < 4.78 is 5.57. The first-order valence-corrected chi connectivity index (χ1v) is 11.3. The van der Waals surface area contributed by atoms with E-state index in [1.54, 1.807) is 12.1 Å². The number of hydrogen-bond donors (Lipinski definition) is 1. The van der Waals surface area contributed by atoms with Crippen molar-refractivity contribution in [3.8, 4) is 5.75 Å². The molecule has 1 saturated heterocycles. The molecule has 0 bridgehead atoms. The molecule has 2 aliphatic rings. The first-order valence-electron chi connectivity index (χ1n) is 11.3. The number of carbonyl (C=O) groups is 2. The number of rotatable bonds is 4. The molecule has 6 heteroatoms. The number of benzene rings is 3. The summed E-state index contributed by atoms with van der Waals surface area (Å²) in [6.07, 6.45) is 0.740. The second-order valence-electron chi connectivity index (χ2n) is 8.92. The average Bonchev–Trinajstić information content (AvgIpc) is 3.40. The van der Waals surface area contributed by atoms with Gasteiger partial charge in [0.25, 0.3) is 11.7 Å². The summed E-state index contributed by atoms with van der Waals surface area (Å²) in [5.74, 6) is -0.742. The summed E-state index contributed by atoms with van der Waals surface area (Å²) in [7, 11) is 3.90. The van der Waals surface area contributed by atoms with Crippen molar-refractivity contribution in [1.29, 1.82) is 0 Å². The molecular weight excluding hydrogens is 428 g/mol. The number of ether oxygens (including phenoxy) is 1. The maximum Gasteiger partial charge on any atom is 0.300 e. The Morgan fingerprint density at radius 3 is 2.50 bits per heavy atom. The fraction of sp³-hybridized carbons (Fsp3) is 0.214. The Morgan fingerprint density at radius 1 is 1.03 bits per heavy atom. The third kappa shape index (κ3) is 3.61. The molecule has 5 rings (SSSR count). The Bertz CT molecular complexity index is 1320. The number of nitrogens with zero attached hydrogens (tertiary/aromatic N) is 2. The highest BCUT2D eigenvalue weighted by atomic mass is 16.5. The minimum atomic E-state index is -0.748. The lowest BCUT2D eigenvalue weighted by Crippen LogP contribution is -2.29. The largest absolute Gasteiger partial charge is 0.507 e. The topological polar surface area (TPSA) is 70.1 Å². The number of aryl methyl sites for hydroxylation is 1. The number of Topliss-reactive ketones (excluding diaryl/α,β-unsaturated/α-hetero) is 1. The minimum absolute atomic E-state index is 0.0861. The average molecular weight is 455 g/mol. The summed E-state index contributed by atoms with van der Waals surface area (Å²) in [4.78, 5) is 30.1. The van der Waals surface area contributed by atoms with Crippen LogP contribution in [0.15, 0.2) is 72.3 Å². The van der Waals surface area contributed by atoms with Crippen molar-refractivity contribution in [2.75, 3.05) is 30.5 Å². The molecule has 1 atom stereocenters. The van der Waals surface area contributed by atoms with Crippen LogP contribution in [0.1, 0.15) is 28.3 Å². The predicted octanol–water partition coefficient (Wildman–Crippen LogP) is 4.62. The number of carbonyl (C=O) groups excluding carboxylic acids is 2. The van der Waals surface area contributed by atoms with E-state index in [0.717, 1.165) is 34.5 Å². The second kappa shape index (κ2) is 8.37. The molecule has 0 radical (unpaired) electrons. The van der Waals surface area contributed by atoms with Crippen LogP contribution in [0, 0.1) is 6.92 Å². The van der Waals surface area contributed by atoms with Gasteiger partial charge in [-0.25, -0.2) is 0 Å². The molecule has 172 valence electrons. The molecule has 1 N–H and O–H groups in total. The molecule has 2 heterocycles. The molecule has 3 aromatic carbocycles. The molecule has 0 aliphatic carbocycles. The number of amides is 1. The Kier molecular flexibility index (Phi) is 5.36. The minimum Gasteiger partial charge on any atom is -0.507 e. The van der Waals surface area contributed by atoms with E-state index >= 15 is 0 Å². The van der Waals surface area contributed by atoms with Crippen LogP contribution in [-0.4, -0.2) is 37.5 Å². The van der Waals surface area contributed by atoms with Crippen LogP contribution in [0.4, 0.5) is 11.4 Å². The van der Waals surface area contributed by atoms with Crippen molar-refractivity contribution < 1.29 is 19.4 Å².